The highest BCUT2D eigenvalue weighted by Gasteiger charge is 2.32. The van der Waals surface area contributed by atoms with Gasteiger partial charge in [-0.25, -0.2) is 12.7 Å². The number of aryl methyl sites for hydroxylation is 1. The van der Waals surface area contributed by atoms with Crippen LogP contribution in [0.25, 0.3) is 0 Å². The minimum absolute atomic E-state index is 0.00284. The molecule has 1 unspecified atom stereocenters. The molecule has 1 saturated heterocycles. The van der Waals surface area contributed by atoms with Gasteiger partial charge in [-0.2, -0.15) is 0 Å². The molecule has 1 amide bonds. The summed E-state index contributed by atoms with van der Waals surface area (Å²) in [7, 11) is 0.595. The van der Waals surface area contributed by atoms with Gasteiger partial charge in [0, 0.05) is 26.2 Å². The first-order chi connectivity index (χ1) is 13.3. The third-order valence-electron chi connectivity index (χ3n) is 5.14. The Bertz CT molecular complexity index is 968. The van der Waals surface area contributed by atoms with E-state index in [2.05, 4.69) is 12.1 Å². The van der Waals surface area contributed by atoms with E-state index >= 15 is 0 Å². The van der Waals surface area contributed by atoms with Crippen LogP contribution in [0.4, 0.5) is 0 Å². The van der Waals surface area contributed by atoms with E-state index in [0.29, 0.717) is 12.1 Å². The summed E-state index contributed by atoms with van der Waals surface area (Å²) < 4.78 is 31.6. The van der Waals surface area contributed by atoms with Crippen LogP contribution in [0.3, 0.4) is 0 Å². The zero-order valence-corrected chi connectivity index (χ0v) is 17.5. The first-order valence-corrected chi connectivity index (χ1v) is 10.7. The average molecular weight is 403 g/mol. The lowest BCUT2D eigenvalue weighted by Gasteiger charge is -2.26. The second-order valence-electron chi connectivity index (χ2n) is 7.22. The lowest BCUT2D eigenvalue weighted by molar-refractivity contribution is 0.0735. The molecule has 6 nitrogen and oxygen atoms in total. The summed E-state index contributed by atoms with van der Waals surface area (Å²) in [6, 6.07) is 12.8. The zero-order chi connectivity index (χ0) is 20.5. The molecule has 0 aromatic heterocycles. The molecule has 1 fully saturated rings. The molecule has 1 aliphatic heterocycles. The molecular formula is C21H26N2O4S. The van der Waals surface area contributed by atoms with Crippen molar-refractivity contribution in [1.82, 2.24) is 9.21 Å². The molecule has 7 heteroatoms. The standard InChI is InChI=1S/C21H26N2O4S/c1-15-7-9-16(10-8-15)18-6-5-13-23(18)21(24)17-11-12-19(27-4)20(14-17)28(25,26)22(2)3/h7-12,14,18H,5-6,13H2,1-4H3. The molecule has 28 heavy (non-hydrogen) atoms. The Hall–Kier alpha value is -2.38. The summed E-state index contributed by atoms with van der Waals surface area (Å²) >= 11 is 0. The Morgan fingerprint density at radius 1 is 1.14 bits per heavy atom. The van der Waals surface area contributed by atoms with Gasteiger partial charge in [0.1, 0.15) is 10.6 Å². The van der Waals surface area contributed by atoms with Crippen LogP contribution in [0.2, 0.25) is 0 Å². The van der Waals surface area contributed by atoms with Gasteiger partial charge < -0.3 is 9.64 Å². The average Bonchev–Trinajstić information content (AvgIpc) is 3.17. The molecule has 1 heterocycles. The summed E-state index contributed by atoms with van der Waals surface area (Å²) in [6.07, 6.45) is 1.82. The van der Waals surface area contributed by atoms with Crippen molar-refractivity contribution < 1.29 is 17.9 Å². The van der Waals surface area contributed by atoms with E-state index in [1.54, 1.807) is 12.1 Å². The largest absolute Gasteiger partial charge is 0.495 e. The number of hydrogen-bond donors (Lipinski definition) is 0. The van der Waals surface area contributed by atoms with Crippen LogP contribution in [0, 0.1) is 6.92 Å². The van der Waals surface area contributed by atoms with E-state index in [0.717, 1.165) is 22.7 Å². The van der Waals surface area contributed by atoms with Gasteiger partial charge >= 0.3 is 0 Å². The van der Waals surface area contributed by atoms with Gasteiger partial charge in [0.2, 0.25) is 10.0 Å². The maximum atomic E-state index is 13.2. The van der Waals surface area contributed by atoms with Crippen molar-refractivity contribution in [2.24, 2.45) is 0 Å². The molecule has 0 spiro atoms. The number of sulfonamides is 1. The van der Waals surface area contributed by atoms with E-state index in [1.165, 1.54) is 32.8 Å². The highest BCUT2D eigenvalue weighted by Crippen LogP contribution is 2.34. The molecule has 150 valence electrons. The number of carbonyl (C=O) groups is 1. The van der Waals surface area contributed by atoms with Crippen LogP contribution in [-0.2, 0) is 10.0 Å². The van der Waals surface area contributed by atoms with Crippen LogP contribution < -0.4 is 4.74 Å². The Balaban J connectivity index is 1.97. The van der Waals surface area contributed by atoms with E-state index in [9.17, 15) is 13.2 Å². The number of likely N-dealkylation sites (tertiary alicyclic amines) is 1. The molecule has 2 aromatic carbocycles. The minimum Gasteiger partial charge on any atom is -0.495 e. The fourth-order valence-electron chi connectivity index (χ4n) is 3.52. The fraction of sp³-hybridized carbons (Fsp3) is 0.381. The second kappa shape index (κ2) is 7.93. The molecular weight excluding hydrogens is 376 g/mol. The first kappa shape index (κ1) is 20.4. The van der Waals surface area contributed by atoms with E-state index in [4.69, 9.17) is 4.74 Å². The number of benzene rings is 2. The highest BCUT2D eigenvalue weighted by atomic mass is 32.2. The molecule has 0 bridgehead atoms. The summed E-state index contributed by atoms with van der Waals surface area (Å²) in [5, 5.41) is 0. The third kappa shape index (κ3) is 3.77. The maximum Gasteiger partial charge on any atom is 0.254 e. The van der Waals surface area contributed by atoms with Gasteiger partial charge in [0.25, 0.3) is 5.91 Å². The van der Waals surface area contributed by atoms with Crippen LogP contribution in [0.15, 0.2) is 47.4 Å². The minimum atomic E-state index is -3.73. The number of amides is 1. The highest BCUT2D eigenvalue weighted by molar-refractivity contribution is 7.89. The molecule has 2 aromatic rings. The van der Waals surface area contributed by atoms with E-state index < -0.39 is 10.0 Å². The van der Waals surface area contributed by atoms with Crippen molar-refractivity contribution in [1.29, 1.82) is 0 Å². The van der Waals surface area contributed by atoms with E-state index in [1.807, 2.05) is 24.0 Å². The van der Waals surface area contributed by atoms with Crippen LogP contribution in [0.1, 0.15) is 40.4 Å². The fourth-order valence-corrected chi connectivity index (χ4v) is 4.59. The van der Waals surface area contributed by atoms with Gasteiger partial charge in [0.15, 0.2) is 0 Å². The molecule has 0 N–H and O–H groups in total. The van der Waals surface area contributed by atoms with Crippen molar-refractivity contribution in [2.75, 3.05) is 27.7 Å². The Morgan fingerprint density at radius 2 is 1.82 bits per heavy atom. The number of nitrogens with zero attached hydrogens (tertiary/aromatic N) is 2. The van der Waals surface area contributed by atoms with Gasteiger partial charge in [-0.1, -0.05) is 29.8 Å². The monoisotopic (exact) mass is 402 g/mol. The molecule has 0 aliphatic carbocycles. The normalized spacial score (nSPS) is 17.2. The smallest absolute Gasteiger partial charge is 0.254 e. The van der Waals surface area contributed by atoms with Crippen LogP contribution >= 0.6 is 0 Å². The lowest BCUT2D eigenvalue weighted by Crippen LogP contribution is -2.31. The number of hydrogen-bond acceptors (Lipinski definition) is 4. The number of ether oxygens (including phenoxy) is 1. The quantitative estimate of drug-likeness (QED) is 0.770. The molecule has 1 atom stereocenters. The van der Waals surface area contributed by atoms with Crippen LogP contribution in [-0.4, -0.2) is 51.3 Å². The number of carbonyl (C=O) groups excluding carboxylic acids is 1. The van der Waals surface area contributed by atoms with Gasteiger partial charge in [-0.15, -0.1) is 0 Å². The first-order valence-electron chi connectivity index (χ1n) is 9.24. The zero-order valence-electron chi connectivity index (χ0n) is 16.7. The van der Waals surface area contributed by atoms with Crippen molar-refractivity contribution in [3.8, 4) is 5.75 Å². The summed E-state index contributed by atoms with van der Waals surface area (Å²) in [6.45, 7) is 2.69. The number of methoxy groups -OCH3 is 1. The summed E-state index contributed by atoms with van der Waals surface area (Å²) in [5.74, 6) is 0.0580. The third-order valence-corrected chi connectivity index (χ3v) is 6.98. The Kier molecular flexibility index (Phi) is 5.76. The van der Waals surface area contributed by atoms with Gasteiger partial charge in [0.05, 0.1) is 13.2 Å². The maximum absolute atomic E-state index is 13.2. The predicted molar refractivity (Wildman–Crippen MR) is 108 cm³/mol. The summed E-state index contributed by atoms with van der Waals surface area (Å²) in [4.78, 5) is 15.1. The summed E-state index contributed by atoms with van der Waals surface area (Å²) in [5.41, 5.74) is 2.62. The molecule has 0 radical (unpaired) electrons. The van der Waals surface area contributed by atoms with E-state index in [-0.39, 0.29) is 22.6 Å². The van der Waals surface area contributed by atoms with Crippen molar-refractivity contribution in [2.45, 2.75) is 30.7 Å². The van der Waals surface area contributed by atoms with Gasteiger partial charge in [-0.05, 0) is 43.5 Å². The van der Waals surface area contributed by atoms with Gasteiger partial charge in [-0.3, -0.25) is 4.79 Å². The Morgan fingerprint density at radius 3 is 2.43 bits per heavy atom. The SMILES string of the molecule is COc1ccc(C(=O)N2CCCC2c2ccc(C)cc2)cc1S(=O)(=O)N(C)C. The molecule has 3 rings (SSSR count). The lowest BCUT2D eigenvalue weighted by atomic mass is 10.0. The topological polar surface area (TPSA) is 66.9 Å². The predicted octanol–water partition coefficient (Wildman–Crippen LogP) is 3.23. The van der Waals surface area contributed by atoms with Crippen molar-refractivity contribution in [3.05, 3.63) is 59.2 Å². The molecule has 0 saturated carbocycles. The van der Waals surface area contributed by atoms with Crippen molar-refractivity contribution >= 4 is 15.9 Å². The van der Waals surface area contributed by atoms with Crippen molar-refractivity contribution in [3.63, 3.8) is 0 Å². The number of rotatable bonds is 5. The van der Waals surface area contributed by atoms with Crippen LogP contribution in [0.5, 0.6) is 5.75 Å². The molecule has 1 aliphatic rings. The Labute approximate surface area is 166 Å². The second-order valence-corrected chi connectivity index (χ2v) is 9.34.